The van der Waals surface area contributed by atoms with E-state index in [0.717, 1.165) is 39.6 Å². The predicted molar refractivity (Wildman–Crippen MR) is 120 cm³/mol. The Labute approximate surface area is 176 Å². The molecule has 0 aliphatic carbocycles. The van der Waals surface area contributed by atoms with E-state index in [9.17, 15) is 4.79 Å². The molecular formula is C25H25N3O2. The second-order valence-electron chi connectivity index (χ2n) is 7.59. The summed E-state index contributed by atoms with van der Waals surface area (Å²) in [5.41, 5.74) is 7.88. The van der Waals surface area contributed by atoms with Crippen molar-refractivity contribution in [1.82, 2.24) is 9.38 Å². The Morgan fingerprint density at radius 2 is 1.77 bits per heavy atom. The molecule has 4 aromatic rings. The molecule has 5 nitrogen and oxygen atoms in total. The number of carbonyl (C=O) groups is 1. The zero-order valence-electron chi connectivity index (χ0n) is 17.7. The SMILES string of the molecule is COc1ccc(NC(=O)Cc2c(-c3ccc(C)c(C)c3)nc3cc(C)ccn23)cc1. The van der Waals surface area contributed by atoms with Gasteiger partial charge in [-0.1, -0.05) is 12.1 Å². The molecule has 0 spiro atoms. The summed E-state index contributed by atoms with van der Waals surface area (Å²) in [5.74, 6) is 0.662. The molecular weight excluding hydrogens is 374 g/mol. The molecule has 0 radical (unpaired) electrons. The molecule has 0 unspecified atom stereocenters. The average molecular weight is 399 g/mol. The van der Waals surface area contributed by atoms with Gasteiger partial charge < -0.3 is 14.5 Å². The Kier molecular flexibility index (Phi) is 5.27. The number of benzene rings is 2. The highest BCUT2D eigenvalue weighted by atomic mass is 16.5. The Morgan fingerprint density at radius 3 is 2.47 bits per heavy atom. The Hall–Kier alpha value is -3.60. The molecule has 2 heterocycles. The van der Waals surface area contributed by atoms with Crippen molar-refractivity contribution in [1.29, 1.82) is 0 Å². The number of imidazole rings is 1. The molecule has 0 bridgehead atoms. The molecule has 2 aromatic carbocycles. The number of aromatic nitrogens is 2. The number of hydrogen-bond donors (Lipinski definition) is 1. The first-order valence-corrected chi connectivity index (χ1v) is 9.93. The summed E-state index contributed by atoms with van der Waals surface area (Å²) < 4.78 is 7.18. The maximum atomic E-state index is 12.9. The van der Waals surface area contributed by atoms with Crippen LogP contribution in [0.15, 0.2) is 60.8 Å². The van der Waals surface area contributed by atoms with Crippen LogP contribution in [-0.2, 0) is 11.2 Å². The van der Waals surface area contributed by atoms with Crippen LogP contribution in [0.25, 0.3) is 16.9 Å². The average Bonchev–Trinajstić information content (AvgIpc) is 3.07. The Bertz CT molecular complexity index is 1220. The summed E-state index contributed by atoms with van der Waals surface area (Å²) in [6, 6.07) is 17.7. The summed E-state index contributed by atoms with van der Waals surface area (Å²) in [7, 11) is 1.62. The quantitative estimate of drug-likeness (QED) is 0.507. The number of fused-ring (bicyclic) bond motifs is 1. The second kappa shape index (κ2) is 8.03. The van der Waals surface area contributed by atoms with Gasteiger partial charge in [0, 0.05) is 17.4 Å². The standard InChI is InChI=1S/C25H25N3O2/c1-16-11-12-28-22(15-24(29)26-20-7-9-21(30-4)10-8-20)25(27-23(28)13-16)19-6-5-17(2)18(3)14-19/h5-14H,15H2,1-4H3,(H,26,29). The number of amides is 1. The first-order chi connectivity index (χ1) is 14.4. The summed E-state index contributed by atoms with van der Waals surface area (Å²) >= 11 is 0. The van der Waals surface area contributed by atoms with E-state index in [2.05, 4.69) is 37.4 Å². The predicted octanol–water partition coefficient (Wildman–Crippen LogP) is 5.12. The van der Waals surface area contributed by atoms with Gasteiger partial charge in [0.25, 0.3) is 0 Å². The molecule has 5 heteroatoms. The number of hydrogen-bond acceptors (Lipinski definition) is 3. The maximum absolute atomic E-state index is 12.9. The third-order valence-electron chi connectivity index (χ3n) is 5.36. The van der Waals surface area contributed by atoms with Gasteiger partial charge in [0.2, 0.25) is 5.91 Å². The number of pyridine rings is 1. The molecule has 4 rings (SSSR count). The van der Waals surface area contributed by atoms with Crippen molar-refractivity contribution in [2.45, 2.75) is 27.2 Å². The van der Waals surface area contributed by atoms with Crippen molar-refractivity contribution < 1.29 is 9.53 Å². The van der Waals surface area contributed by atoms with Gasteiger partial charge in [-0.2, -0.15) is 0 Å². The Morgan fingerprint density at radius 1 is 1.00 bits per heavy atom. The number of carbonyl (C=O) groups excluding carboxylic acids is 1. The number of methoxy groups -OCH3 is 1. The zero-order valence-corrected chi connectivity index (χ0v) is 17.7. The molecule has 0 saturated heterocycles. The summed E-state index contributed by atoms with van der Waals surface area (Å²) in [6.45, 7) is 6.23. The van der Waals surface area contributed by atoms with Crippen LogP contribution in [0.5, 0.6) is 5.75 Å². The molecule has 0 aliphatic heterocycles. The van der Waals surface area contributed by atoms with Crippen LogP contribution >= 0.6 is 0 Å². The van der Waals surface area contributed by atoms with E-state index in [4.69, 9.17) is 9.72 Å². The van der Waals surface area contributed by atoms with Gasteiger partial charge in [-0.25, -0.2) is 4.98 Å². The Balaban J connectivity index is 1.70. The number of aryl methyl sites for hydroxylation is 3. The van der Waals surface area contributed by atoms with Crippen LogP contribution in [0.3, 0.4) is 0 Å². The smallest absolute Gasteiger partial charge is 0.230 e. The molecule has 2 aromatic heterocycles. The summed E-state index contributed by atoms with van der Waals surface area (Å²) in [5, 5.41) is 2.97. The second-order valence-corrected chi connectivity index (χ2v) is 7.59. The lowest BCUT2D eigenvalue weighted by molar-refractivity contribution is -0.115. The van der Waals surface area contributed by atoms with E-state index in [-0.39, 0.29) is 12.3 Å². The lowest BCUT2D eigenvalue weighted by Gasteiger charge is -2.09. The molecule has 1 N–H and O–H groups in total. The van der Waals surface area contributed by atoms with E-state index in [1.165, 1.54) is 11.1 Å². The number of anilines is 1. The first-order valence-electron chi connectivity index (χ1n) is 9.93. The third kappa shape index (κ3) is 3.92. The van der Waals surface area contributed by atoms with Gasteiger partial charge in [-0.15, -0.1) is 0 Å². The summed E-state index contributed by atoms with van der Waals surface area (Å²) in [4.78, 5) is 17.7. The molecule has 152 valence electrons. The number of nitrogens with one attached hydrogen (secondary N) is 1. The van der Waals surface area contributed by atoms with E-state index in [1.54, 1.807) is 7.11 Å². The van der Waals surface area contributed by atoms with Crippen molar-refractivity contribution >= 4 is 17.2 Å². The van der Waals surface area contributed by atoms with E-state index in [0.29, 0.717) is 0 Å². The van der Waals surface area contributed by atoms with Crippen LogP contribution in [0.1, 0.15) is 22.4 Å². The van der Waals surface area contributed by atoms with Crippen LogP contribution in [0.4, 0.5) is 5.69 Å². The number of ether oxygens (including phenoxy) is 1. The van der Waals surface area contributed by atoms with Gasteiger partial charge in [0.05, 0.1) is 24.9 Å². The highest BCUT2D eigenvalue weighted by molar-refractivity contribution is 5.93. The maximum Gasteiger partial charge on any atom is 0.230 e. The van der Waals surface area contributed by atoms with Crippen LogP contribution in [-0.4, -0.2) is 22.4 Å². The fourth-order valence-corrected chi connectivity index (χ4v) is 3.52. The van der Waals surface area contributed by atoms with Crippen molar-refractivity contribution in [3.8, 4) is 17.0 Å². The monoisotopic (exact) mass is 399 g/mol. The minimum Gasteiger partial charge on any atom is -0.497 e. The van der Waals surface area contributed by atoms with Gasteiger partial charge in [0.15, 0.2) is 0 Å². The topological polar surface area (TPSA) is 55.6 Å². The minimum absolute atomic E-state index is 0.0902. The highest BCUT2D eigenvalue weighted by Gasteiger charge is 2.18. The molecule has 1 amide bonds. The molecule has 0 fully saturated rings. The normalized spacial score (nSPS) is 10.9. The fraction of sp³-hybridized carbons (Fsp3) is 0.200. The molecule has 0 saturated carbocycles. The van der Waals surface area contributed by atoms with Crippen molar-refractivity contribution in [2.75, 3.05) is 12.4 Å². The van der Waals surface area contributed by atoms with E-state index >= 15 is 0 Å². The summed E-state index contributed by atoms with van der Waals surface area (Å²) in [6.07, 6.45) is 2.21. The largest absolute Gasteiger partial charge is 0.497 e. The fourth-order valence-electron chi connectivity index (χ4n) is 3.52. The van der Waals surface area contributed by atoms with Crippen LogP contribution < -0.4 is 10.1 Å². The molecule has 30 heavy (non-hydrogen) atoms. The zero-order chi connectivity index (χ0) is 21.3. The lowest BCUT2D eigenvalue weighted by Crippen LogP contribution is -2.16. The van der Waals surface area contributed by atoms with Crippen molar-refractivity contribution in [3.05, 3.63) is 83.2 Å². The van der Waals surface area contributed by atoms with E-state index < -0.39 is 0 Å². The van der Waals surface area contributed by atoms with Gasteiger partial charge in [-0.05, 0) is 79.9 Å². The minimum atomic E-state index is -0.0902. The van der Waals surface area contributed by atoms with Crippen LogP contribution in [0.2, 0.25) is 0 Å². The van der Waals surface area contributed by atoms with Gasteiger partial charge in [0.1, 0.15) is 11.4 Å². The number of nitrogens with zero attached hydrogens (tertiary/aromatic N) is 2. The van der Waals surface area contributed by atoms with Crippen molar-refractivity contribution in [2.24, 2.45) is 0 Å². The third-order valence-corrected chi connectivity index (χ3v) is 5.36. The molecule has 0 atom stereocenters. The number of rotatable bonds is 5. The first kappa shape index (κ1) is 19.7. The molecule has 0 aliphatic rings. The van der Waals surface area contributed by atoms with Crippen molar-refractivity contribution in [3.63, 3.8) is 0 Å². The highest BCUT2D eigenvalue weighted by Crippen LogP contribution is 2.27. The lowest BCUT2D eigenvalue weighted by atomic mass is 10.0. The van der Waals surface area contributed by atoms with Gasteiger partial charge >= 0.3 is 0 Å². The van der Waals surface area contributed by atoms with E-state index in [1.807, 2.05) is 53.9 Å². The van der Waals surface area contributed by atoms with Gasteiger partial charge in [-0.3, -0.25) is 4.79 Å². The van der Waals surface area contributed by atoms with Crippen LogP contribution in [0, 0.1) is 20.8 Å².